The lowest BCUT2D eigenvalue weighted by atomic mass is 10.0. The van der Waals surface area contributed by atoms with E-state index in [0.717, 1.165) is 0 Å². The number of aryl methyl sites for hydroxylation is 2. The van der Waals surface area contributed by atoms with E-state index in [-0.39, 0.29) is 29.8 Å². The Morgan fingerprint density at radius 3 is 2.15 bits per heavy atom. The lowest BCUT2D eigenvalue weighted by Gasteiger charge is -2.07. The topological polar surface area (TPSA) is 135 Å². The van der Waals surface area contributed by atoms with Gasteiger partial charge in [-0.25, -0.2) is 0 Å². The van der Waals surface area contributed by atoms with Gasteiger partial charge in [-0.15, -0.1) is 0 Å². The minimum Gasteiger partial charge on any atom is -0.388 e. The zero-order valence-corrected chi connectivity index (χ0v) is 11.2. The maximum atomic E-state index is 11.9. The van der Waals surface area contributed by atoms with E-state index in [1.165, 1.54) is 0 Å². The van der Waals surface area contributed by atoms with Crippen LogP contribution in [0.15, 0.2) is 9.59 Å². The third kappa shape index (κ3) is 2.50. The minimum absolute atomic E-state index is 0.0208. The fraction of sp³-hybridized carbons (Fsp3) is 0.417. The molecule has 20 heavy (non-hydrogen) atoms. The van der Waals surface area contributed by atoms with E-state index < -0.39 is 17.2 Å². The average molecular weight is 280 g/mol. The molecule has 5 N–H and O–H groups in total. The van der Waals surface area contributed by atoms with E-state index in [9.17, 15) is 19.5 Å². The van der Waals surface area contributed by atoms with Crippen molar-refractivity contribution in [3.8, 4) is 0 Å². The highest BCUT2D eigenvalue weighted by atomic mass is 16.3. The molecule has 0 aliphatic rings. The van der Waals surface area contributed by atoms with Gasteiger partial charge in [0.05, 0.1) is 11.7 Å². The van der Waals surface area contributed by atoms with E-state index in [4.69, 9.17) is 0 Å². The summed E-state index contributed by atoms with van der Waals surface area (Å²) in [4.78, 5) is 34.9. The summed E-state index contributed by atoms with van der Waals surface area (Å²) in [6.07, 6.45) is -0.996. The molecule has 1 atom stereocenters. The predicted octanol–water partition coefficient (Wildman–Crippen LogP) is 0.0327. The van der Waals surface area contributed by atoms with E-state index in [0.29, 0.717) is 11.4 Å². The number of ketones is 1. The maximum Gasteiger partial charge on any atom is 0.275 e. The number of hydrogen-bond donors (Lipinski definition) is 5. The van der Waals surface area contributed by atoms with Crippen LogP contribution in [0.5, 0.6) is 0 Å². The number of aliphatic hydroxyl groups excluding tert-OH is 1. The molecule has 0 aliphatic heterocycles. The summed E-state index contributed by atoms with van der Waals surface area (Å²) in [5, 5.41) is 19.8. The molecule has 0 saturated heterocycles. The first-order chi connectivity index (χ1) is 9.41. The van der Waals surface area contributed by atoms with Gasteiger partial charge in [-0.2, -0.15) is 0 Å². The molecule has 2 aromatic rings. The Balaban J connectivity index is 2.08. The van der Waals surface area contributed by atoms with E-state index in [2.05, 4.69) is 20.4 Å². The normalized spacial score (nSPS) is 12.6. The second kappa shape index (κ2) is 5.33. The number of aliphatic hydroxyl groups is 1. The molecular weight excluding hydrogens is 264 g/mol. The number of aromatic nitrogens is 4. The minimum atomic E-state index is -1.05. The lowest BCUT2D eigenvalue weighted by Crippen LogP contribution is -2.16. The maximum absolute atomic E-state index is 11.9. The molecule has 0 fully saturated rings. The summed E-state index contributed by atoms with van der Waals surface area (Å²) < 4.78 is 0. The van der Waals surface area contributed by atoms with Gasteiger partial charge < -0.3 is 15.3 Å². The molecule has 0 saturated carbocycles. The van der Waals surface area contributed by atoms with Crippen LogP contribution in [0.25, 0.3) is 0 Å². The van der Waals surface area contributed by atoms with Crippen molar-refractivity contribution in [3.63, 3.8) is 0 Å². The SMILES string of the molecule is Cc1[nH][nH]c(=O)c1C(=O)CCC(O)c1c(C)[nH][nH]c1=O. The summed E-state index contributed by atoms with van der Waals surface area (Å²) in [5.74, 6) is -0.367. The molecule has 1 unspecified atom stereocenters. The highest BCUT2D eigenvalue weighted by Gasteiger charge is 2.20. The van der Waals surface area contributed by atoms with Crippen molar-refractivity contribution in [2.24, 2.45) is 0 Å². The van der Waals surface area contributed by atoms with Crippen LogP contribution in [0.1, 0.15) is 46.3 Å². The van der Waals surface area contributed by atoms with Gasteiger partial charge in [0.25, 0.3) is 11.1 Å². The molecule has 8 nitrogen and oxygen atoms in total. The summed E-state index contributed by atoms with van der Waals surface area (Å²) in [5.41, 5.74) is 0.404. The van der Waals surface area contributed by atoms with Crippen molar-refractivity contribution in [2.75, 3.05) is 0 Å². The lowest BCUT2D eigenvalue weighted by molar-refractivity contribution is 0.0937. The molecular formula is C12H16N4O4. The number of Topliss-reactive ketones (excluding diaryl/α,β-unsaturated/α-hetero) is 1. The number of rotatable bonds is 5. The summed E-state index contributed by atoms with van der Waals surface area (Å²) >= 11 is 0. The van der Waals surface area contributed by atoms with Gasteiger partial charge >= 0.3 is 0 Å². The van der Waals surface area contributed by atoms with Crippen molar-refractivity contribution in [1.82, 2.24) is 20.4 Å². The molecule has 0 radical (unpaired) electrons. The third-order valence-corrected chi connectivity index (χ3v) is 3.23. The van der Waals surface area contributed by atoms with Crippen LogP contribution in [0, 0.1) is 13.8 Å². The fourth-order valence-electron chi connectivity index (χ4n) is 2.18. The Morgan fingerprint density at radius 2 is 1.65 bits per heavy atom. The average Bonchev–Trinajstić information content (AvgIpc) is 2.89. The van der Waals surface area contributed by atoms with Crippen LogP contribution >= 0.6 is 0 Å². The number of hydrogen-bond acceptors (Lipinski definition) is 4. The van der Waals surface area contributed by atoms with Crippen LogP contribution in [-0.4, -0.2) is 31.3 Å². The van der Waals surface area contributed by atoms with Gasteiger partial charge in [-0.05, 0) is 20.3 Å². The van der Waals surface area contributed by atoms with Crippen molar-refractivity contribution < 1.29 is 9.90 Å². The van der Waals surface area contributed by atoms with Crippen molar-refractivity contribution in [2.45, 2.75) is 32.8 Å². The van der Waals surface area contributed by atoms with Crippen LogP contribution < -0.4 is 11.1 Å². The third-order valence-electron chi connectivity index (χ3n) is 3.23. The number of nitrogens with one attached hydrogen (secondary N) is 4. The van der Waals surface area contributed by atoms with E-state index in [1.54, 1.807) is 13.8 Å². The molecule has 0 bridgehead atoms. The monoisotopic (exact) mass is 280 g/mol. The molecule has 0 spiro atoms. The van der Waals surface area contributed by atoms with Crippen LogP contribution in [-0.2, 0) is 0 Å². The number of carbonyl (C=O) groups excluding carboxylic acids is 1. The van der Waals surface area contributed by atoms with Gasteiger partial charge in [0.1, 0.15) is 5.56 Å². The largest absolute Gasteiger partial charge is 0.388 e. The van der Waals surface area contributed by atoms with Crippen LogP contribution in [0.2, 0.25) is 0 Å². The zero-order valence-electron chi connectivity index (χ0n) is 11.2. The molecule has 0 amide bonds. The van der Waals surface area contributed by atoms with Crippen LogP contribution in [0.3, 0.4) is 0 Å². The summed E-state index contributed by atoms with van der Waals surface area (Å²) in [6, 6.07) is 0. The van der Waals surface area contributed by atoms with E-state index in [1.807, 2.05) is 0 Å². The van der Waals surface area contributed by atoms with Gasteiger partial charge in [0.15, 0.2) is 5.78 Å². The highest BCUT2D eigenvalue weighted by Crippen LogP contribution is 2.18. The standard InChI is InChI=1S/C12H16N4O4/c1-5-9(11(19)15-13-5)7(17)3-4-8(18)10-6(2)14-16-12(10)20/h7,17H,3-4H2,1-2H3,(H2,13,15,19)(H2,14,16,20). The molecule has 108 valence electrons. The Kier molecular flexibility index (Phi) is 3.75. The number of carbonyl (C=O) groups is 1. The molecule has 2 aromatic heterocycles. The first kappa shape index (κ1) is 14.1. The molecule has 0 aromatic carbocycles. The summed E-state index contributed by atoms with van der Waals surface area (Å²) in [6.45, 7) is 3.27. The Hall–Kier alpha value is -2.35. The predicted molar refractivity (Wildman–Crippen MR) is 70.8 cm³/mol. The van der Waals surface area contributed by atoms with Gasteiger partial charge in [-0.3, -0.25) is 24.6 Å². The Bertz CT molecular complexity index is 733. The molecule has 2 rings (SSSR count). The van der Waals surface area contributed by atoms with Crippen LogP contribution in [0.4, 0.5) is 0 Å². The quantitative estimate of drug-likeness (QED) is 0.494. The number of H-pyrrole nitrogens is 4. The first-order valence-corrected chi connectivity index (χ1v) is 6.17. The molecule has 0 aliphatic carbocycles. The van der Waals surface area contributed by atoms with Gasteiger partial charge in [-0.1, -0.05) is 0 Å². The van der Waals surface area contributed by atoms with Crippen molar-refractivity contribution in [1.29, 1.82) is 0 Å². The molecule has 2 heterocycles. The van der Waals surface area contributed by atoms with E-state index >= 15 is 0 Å². The number of aromatic amines is 4. The second-order valence-electron chi connectivity index (χ2n) is 4.67. The fourth-order valence-corrected chi connectivity index (χ4v) is 2.18. The Labute approximate surface area is 113 Å². The summed E-state index contributed by atoms with van der Waals surface area (Å²) in [7, 11) is 0. The van der Waals surface area contributed by atoms with Gasteiger partial charge in [0, 0.05) is 17.8 Å². The smallest absolute Gasteiger partial charge is 0.275 e. The second-order valence-corrected chi connectivity index (χ2v) is 4.67. The highest BCUT2D eigenvalue weighted by molar-refractivity contribution is 5.96. The van der Waals surface area contributed by atoms with Crippen molar-refractivity contribution >= 4 is 5.78 Å². The molecule has 8 heteroatoms. The van der Waals surface area contributed by atoms with Crippen molar-refractivity contribution in [3.05, 3.63) is 43.2 Å². The van der Waals surface area contributed by atoms with Gasteiger partial charge in [0.2, 0.25) is 0 Å². The first-order valence-electron chi connectivity index (χ1n) is 6.17. The Morgan fingerprint density at radius 1 is 1.05 bits per heavy atom. The zero-order chi connectivity index (χ0) is 14.9.